The number of carbonyl (C=O) groups is 3. The lowest BCUT2D eigenvalue weighted by Gasteiger charge is -2.35. The normalized spacial score (nSPS) is 24.4. The van der Waals surface area contributed by atoms with Crippen molar-refractivity contribution in [3.8, 4) is 0 Å². The largest absolute Gasteiger partial charge is 0.475 e. The highest BCUT2D eigenvalue weighted by atomic mass is 19.1. The van der Waals surface area contributed by atoms with E-state index in [1.54, 1.807) is 18.2 Å². The highest BCUT2D eigenvalue weighted by Crippen LogP contribution is 2.39. The summed E-state index contributed by atoms with van der Waals surface area (Å²) in [6.07, 6.45) is 4.04. The van der Waals surface area contributed by atoms with E-state index in [2.05, 4.69) is 0 Å². The maximum absolute atomic E-state index is 13.9. The Labute approximate surface area is 221 Å². The van der Waals surface area contributed by atoms with Crippen LogP contribution in [0.3, 0.4) is 0 Å². The van der Waals surface area contributed by atoms with E-state index in [0.717, 1.165) is 43.2 Å². The number of hydrogen-bond donors (Lipinski definition) is 1. The molecule has 5 rings (SSSR count). The number of benzene rings is 2. The second-order valence-corrected chi connectivity index (χ2v) is 11.0. The summed E-state index contributed by atoms with van der Waals surface area (Å²) in [6, 6.07) is 16.1. The van der Waals surface area contributed by atoms with Crippen LogP contribution < -0.4 is 0 Å². The minimum atomic E-state index is -1.14. The van der Waals surface area contributed by atoms with E-state index in [1.807, 2.05) is 42.2 Å². The maximum atomic E-state index is 13.9. The van der Waals surface area contributed by atoms with Crippen molar-refractivity contribution in [3.63, 3.8) is 0 Å². The molecule has 0 spiro atoms. The number of ketones is 1. The van der Waals surface area contributed by atoms with Gasteiger partial charge in [-0.25, -0.2) is 4.79 Å². The predicted octanol–water partition coefficient (Wildman–Crippen LogP) is 6.04. The van der Waals surface area contributed by atoms with E-state index in [9.17, 15) is 23.9 Å². The number of carbonyl (C=O) groups excluding carboxylic acids is 2. The van der Waals surface area contributed by atoms with Crippen LogP contribution in [0.15, 0.2) is 59.0 Å². The summed E-state index contributed by atoms with van der Waals surface area (Å²) in [6.45, 7) is 2.15. The molecular weight excluding hydrogens is 485 g/mol. The third-order valence-electron chi connectivity index (χ3n) is 8.58. The number of carboxylic acid groups (broad SMARTS) is 1. The monoisotopic (exact) mass is 519 g/mol. The Kier molecular flexibility index (Phi) is 7.63. The standard InChI is InChI=1S/C31H34FNO5/c1-19(18-32)21-8-10-23(11-9-21)30(35)33-14-13-25(22-5-3-2-4-6-22)29(33)26(34)16-20-7-12-27-24(15-20)17-28(38-27)31(36)37/h2-7,12,15,17,19,21,23,25,29H,8-11,13-14,16,18H2,1H3,(H,36,37)/t19-,21?,23?,25+,29+/m1/s1. The lowest BCUT2D eigenvalue weighted by Crippen LogP contribution is -2.46. The first-order valence-electron chi connectivity index (χ1n) is 13.6. The molecular formula is C31H34FNO5. The van der Waals surface area contributed by atoms with E-state index in [1.165, 1.54) is 6.07 Å². The van der Waals surface area contributed by atoms with Gasteiger partial charge in [0.25, 0.3) is 0 Å². The first-order valence-corrected chi connectivity index (χ1v) is 13.6. The van der Waals surface area contributed by atoms with Crippen molar-refractivity contribution < 1.29 is 28.3 Å². The summed E-state index contributed by atoms with van der Waals surface area (Å²) in [4.78, 5) is 40.7. The molecule has 6 nitrogen and oxygen atoms in total. The highest BCUT2D eigenvalue weighted by Gasteiger charge is 2.44. The number of hydrogen-bond acceptors (Lipinski definition) is 4. The number of alkyl halides is 1. The van der Waals surface area contributed by atoms with Crippen LogP contribution >= 0.6 is 0 Å². The fourth-order valence-corrected chi connectivity index (χ4v) is 6.40. The second kappa shape index (κ2) is 11.1. The number of nitrogens with zero attached hydrogens (tertiary/aromatic N) is 1. The first-order chi connectivity index (χ1) is 18.4. The smallest absolute Gasteiger partial charge is 0.371 e. The molecule has 1 aliphatic heterocycles. The predicted molar refractivity (Wildman–Crippen MR) is 142 cm³/mol. The zero-order valence-corrected chi connectivity index (χ0v) is 21.6. The minimum Gasteiger partial charge on any atom is -0.475 e. The van der Waals surface area contributed by atoms with Crippen LogP contribution in [-0.4, -0.2) is 46.9 Å². The van der Waals surface area contributed by atoms with Crippen LogP contribution in [0.25, 0.3) is 11.0 Å². The fraction of sp³-hybridized carbons (Fsp3) is 0.452. The number of furan rings is 1. The fourth-order valence-electron chi connectivity index (χ4n) is 6.40. The topological polar surface area (TPSA) is 87.8 Å². The Morgan fingerprint density at radius 2 is 1.76 bits per heavy atom. The van der Waals surface area contributed by atoms with Crippen molar-refractivity contribution in [1.82, 2.24) is 4.90 Å². The molecule has 200 valence electrons. The quantitative estimate of drug-likeness (QED) is 0.392. The van der Waals surface area contributed by atoms with Crippen molar-refractivity contribution in [2.24, 2.45) is 17.8 Å². The summed E-state index contributed by atoms with van der Waals surface area (Å²) < 4.78 is 18.5. The summed E-state index contributed by atoms with van der Waals surface area (Å²) in [5, 5.41) is 9.85. The van der Waals surface area contributed by atoms with Crippen LogP contribution in [0.5, 0.6) is 0 Å². The van der Waals surface area contributed by atoms with Gasteiger partial charge in [-0.3, -0.25) is 14.0 Å². The van der Waals surface area contributed by atoms with Gasteiger partial charge < -0.3 is 14.4 Å². The van der Waals surface area contributed by atoms with E-state index < -0.39 is 12.0 Å². The number of carboxylic acids is 1. The van der Waals surface area contributed by atoms with Gasteiger partial charge in [0.15, 0.2) is 5.78 Å². The van der Waals surface area contributed by atoms with Crippen LogP contribution in [0.2, 0.25) is 0 Å². The number of amides is 1. The molecule has 2 aromatic carbocycles. The Bertz CT molecular complexity index is 1310. The molecule has 7 heteroatoms. The molecule has 38 heavy (non-hydrogen) atoms. The molecule has 1 aliphatic carbocycles. The summed E-state index contributed by atoms with van der Waals surface area (Å²) >= 11 is 0. The molecule has 3 atom stereocenters. The van der Waals surface area contributed by atoms with Gasteiger partial charge in [0.2, 0.25) is 11.7 Å². The molecule has 1 N–H and O–H groups in total. The molecule has 2 fully saturated rings. The molecule has 3 aromatic rings. The first kappa shape index (κ1) is 26.1. The molecule has 1 amide bonds. The molecule has 0 unspecified atom stereocenters. The number of likely N-dealkylation sites (tertiary alicyclic amines) is 1. The molecule has 0 radical (unpaired) electrons. The summed E-state index contributed by atoms with van der Waals surface area (Å²) in [5.41, 5.74) is 2.26. The van der Waals surface area contributed by atoms with E-state index >= 15 is 0 Å². The number of halogens is 1. The van der Waals surface area contributed by atoms with Gasteiger partial charge in [-0.15, -0.1) is 0 Å². The number of fused-ring (bicyclic) bond motifs is 1. The summed E-state index contributed by atoms with van der Waals surface area (Å²) in [5.74, 6) is -1.12. The zero-order valence-electron chi connectivity index (χ0n) is 21.6. The van der Waals surface area contributed by atoms with E-state index in [0.29, 0.717) is 23.4 Å². The maximum Gasteiger partial charge on any atom is 0.371 e. The van der Waals surface area contributed by atoms with Gasteiger partial charge in [-0.2, -0.15) is 0 Å². The van der Waals surface area contributed by atoms with Gasteiger partial charge in [-0.1, -0.05) is 43.3 Å². The van der Waals surface area contributed by atoms with Gasteiger partial charge >= 0.3 is 5.97 Å². The van der Waals surface area contributed by atoms with Gasteiger partial charge in [-0.05, 0) is 73.3 Å². The number of aromatic carboxylic acids is 1. The molecule has 1 aromatic heterocycles. The average Bonchev–Trinajstić information content (AvgIpc) is 3.58. The van der Waals surface area contributed by atoms with E-state index in [-0.39, 0.29) is 48.3 Å². The van der Waals surface area contributed by atoms with Gasteiger partial charge in [0, 0.05) is 30.2 Å². The Balaban J connectivity index is 1.37. The zero-order chi connectivity index (χ0) is 26.8. The lowest BCUT2D eigenvalue weighted by atomic mass is 9.76. The third-order valence-corrected chi connectivity index (χ3v) is 8.58. The summed E-state index contributed by atoms with van der Waals surface area (Å²) in [7, 11) is 0. The second-order valence-electron chi connectivity index (χ2n) is 11.0. The Hall–Kier alpha value is -3.48. The van der Waals surface area contributed by atoms with Gasteiger partial charge in [0.05, 0.1) is 12.7 Å². The van der Waals surface area contributed by atoms with Crippen LogP contribution in [0.4, 0.5) is 4.39 Å². The number of Topliss-reactive ketones (excluding diaryl/α,β-unsaturated/α-hetero) is 1. The SMILES string of the molecule is C[C@H](CF)C1CCC(C(=O)N2CC[C@@H](c3ccccc3)[C@H]2C(=O)Cc2ccc3oc(C(=O)O)cc3c2)CC1. The lowest BCUT2D eigenvalue weighted by molar-refractivity contribution is -0.142. The van der Waals surface area contributed by atoms with E-state index in [4.69, 9.17) is 4.42 Å². The minimum absolute atomic E-state index is 0.0220. The molecule has 0 bridgehead atoms. The van der Waals surface area contributed by atoms with Crippen LogP contribution in [0.1, 0.15) is 66.6 Å². The number of rotatable bonds is 8. The van der Waals surface area contributed by atoms with Crippen LogP contribution in [-0.2, 0) is 16.0 Å². The molecule has 1 saturated carbocycles. The van der Waals surface area contributed by atoms with Crippen molar-refractivity contribution >= 4 is 28.6 Å². The molecule has 1 saturated heterocycles. The van der Waals surface area contributed by atoms with Crippen molar-refractivity contribution in [1.29, 1.82) is 0 Å². The van der Waals surface area contributed by atoms with Gasteiger partial charge in [0.1, 0.15) is 5.58 Å². The van der Waals surface area contributed by atoms with Crippen molar-refractivity contribution in [3.05, 3.63) is 71.5 Å². The molecule has 2 heterocycles. The van der Waals surface area contributed by atoms with Crippen molar-refractivity contribution in [2.45, 2.75) is 57.4 Å². The van der Waals surface area contributed by atoms with Crippen LogP contribution in [0, 0.1) is 17.8 Å². The average molecular weight is 520 g/mol. The highest BCUT2D eigenvalue weighted by molar-refractivity contribution is 5.94. The Morgan fingerprint density at radius 3 is 2.45 bits per heavy atom. The third kappa shape index (κ3) is 5.24. The van der Waals surface area contributed by atoms with Crippen molar-refractivity contribution in [2.75, 3.05) is 13.2 Å². The molecule has 2 aliphatic rings. The Morgan fingerprint density at radius 1 is 1.03 bits per heavy atom.